The lowest BCUT2D eigenvalue weighted by Gasteiger charge is -2.43. The van der Waals surface area contributed by atoms with Gasteiger partial charge in [-0.1, -0.05) is 35.9 Å². The zero-order valence-corrected chi connectivity index (χ0v) is 23.7. The van der Waals surface area contributed by atoms with Crippen molar-refractivity contribution in [2.75, 3.05) is 38.0 Å². The van der Waals surface area contributed by atoms with Crippen LogP contribution in [-0.2, 0) is 13.0 Å². The summed E-state index contributed by atoms with van der Waals surface area (Å²) < 4.78 is 0. The number of piperidine rings is 2. The van der Waals surface area contributed by atoms with Crippen LogP contribution in [0.15, 0.2) is 60.9 Å². The Hall–Kier alpha value is -3.53. The lowest BCUT2D eigenvalue weighted by atomic mass is 9.94. The van der Waals surface area contributed by atoms with Gasteiger partial charge in [-0.05, 0) is 61.1 Å². The minimum atomic E-state index is -0.613. The summed E-state index contributed by atoms with van der Waals surface area (Å²) in [5.74, 6) is 0.402. The molecule has 10 heteroatoms. The molecule has 2 atom stereocenters. The molecule has 214 valence electrons. The molecule has 2 amide bonds. The third-order valence-electron chi connectivity index (χ3n) is 8.57. The molecule has 2 fully saturated rings. The number of carbonyl (C=O) groups is 2. The Morgan fingerprint density at radius 2 is 1.61 bits per heavy atom. The lowest BCUT2D eigenvalue weighted by Crippen LogP contribution is -2.56. The second-order valence-corrected chi connectivity index (χ2v) is 11.6. The van der Waals surface area contributed by atoms with Crippen molar-refractivity contribution < 1.29 is 14.7 Å². The number of fused-ring (bicyclic) bond motifs is 1. The number of likely N-dealkylation sites (tertiary alicyclic amines) is 2. The first-order chi connectivity index (χ1) is 19.9. The first-order valence-corrected chi connectivity index (χ1v) is 14.7. The Bertz CT molecular complexity index is 1390. The maximum Gasteiger partial charge on any atom is 0.272 e. The summed E-state index contributed by atoms with van der Waals surface area (Å²) in [6.45, 7) is 3.87. The maximum atomic E-state index is 13.3. The number of β-amino-alcohol motifs (C(OH)–C–C–N with tert-alkyl or cyclic N) is 1. The number of aliphatic hydroxyl groups is 1. The maximum absolute atomic E-state index is 13.3. The van der Waals surface area contributed by atoms with Crippen LogP contribution in [0.4, 0.5) is 5.82 Å². The van der Waals surface area contributed by atoms with Crippen molar-refractivity contribution in [3.05, 3.63) is 88.3 Å². The SMILES string of the molecule is O=C(c1ccc(Cl)cc1)N1CCC(Nc2cc(C(=O)N3CC[C@@H](N4CCc5ccccc5C4)[C@H](O)C3)ncn2)CC1. The normalized spacial score (nSPS) is 21.8. The molecule has 0 saturated carbocycles. The van der Waals surface area contributed by atoms with Crippen molar-refractivity contribution in [3.63, 3.8) is 0 Å². The minimum absolute atomic E-state index is 0.00565. The highest BCUT2D eigenvalue weighted by Crippen LogP contribution is 2.26. The zero-order chi connectivity index (χ0) is 28.3. The van der Waals surface area contributed by atoms with Crippen LogP contribution < -0.4 is 5.32 Å². The molecule has 3 aromatic rings. The number of carbonyl (C=O) groups excluding carboxylic acids is 2. The number of aliphatic hydroxyl groups excluding tert-OH is 1. The van der Waals surface area contributed by atoms with Crippen LogP contribution in [0.2, 0.25) is 5.02 Å². The monoisotopic (exact) mass is 574 g/mol. The van der Waals surface area contributed by atoms with Gasteiger partial charge in [-0.25, -0.2) is 9.97 Å². The van der Waals surface area contributed by atoms with Crippen molar-refractivity contribution in [1.82, 2.24) is 24.7 Å². The Balaban J connectivity index is 1.01. The first-order valence-electron chi connectivity index (χ1n) is 14.4. The fraction of sp³-hybridized carbons (Fsp3) is 0.419. The average Bonchev–Trinajstić information content (AvgIpc) is 3.01. The highest BCUT2D eigenvalue weighted by atomic mass is 35.5. The van der Waals surface area contributed by atoms with Gasteiger partial charge in [0.15, 0.2) is 0 Å². The molecule has 0 radical (unpaired) electrons. The highest BCUT2D eigenvalue weighted by Gasteiger charge is 2.36. The van der Waals surface area contributed by atoms with E-state index < -0.39 is 6.10 Å². The van der Waals surface area contributed by atoms with Gasteiger partial charge in [0.25, 0.3) is 11.8 Å². The van der Waals surface area contributed by atoms with Crippen molar-refractivity contribution >= 4 is 29.2 Å². The van der Waals surface area contributed by atoms with E-state index in [1.807, 2.05) is 4.90 Å². The van der Waals surface area contributed by atoms with Crippen LogP contribution in [0.5, 0.6) is 0 Å². The number of rotatable bonds is 5. The van der Waals surface area contributed by atoms with Gasteiger partial charge >= 0.3 is 0 Å². The number of aromatic nitrogens is 2. The number of amides is 2. The summed E-state index contributed by atoms with van der Waals surface area (Å²) in [4.78, 5) is 40.6. The molecule has 9 nitrogen and oxygen atoms in total. The van der Waals surface area contributed by atoms with Gasteiger partial charge in [0.05, 0.1) is 6.10 Å². The third kappa shape index (κ3) is 6.22. The minimum Gasteiger partial charge on any atom is -0.390 e. The molecule has 6 rings (SSSR count). The van der Waals surface area contributed by atoms with Crippen molar-refractivity contribution in [3.8, 4) is 0 Å². The zero-order valence-electron chi connectivity index (χ0n) is 23.0. The first kappa shape index (κ1) is 27.6. The molecular weight excluding hydrogens is 540 g/mol. The number of anilines is 1. The molecule has 2 aromatic carbocycles. The summed E-state index contributed by atoms with van der Waals surface area (Å²) >= 11 is 5.95. The van der Waals surface area contributed by atoms with E-state index in [-0.39, 0.29) is 30.4 Å². The molecule has 3 aliphatic rings. The second kappa shape index (κ2) is 12.1. The van der Waals surface area contributed by atoms with Crippen molar-refractivity contribution in [2.45, 2.75) is 50.4 Å². The van der Waals surface area contributed by atoms with Crippen molar-refractivity contribution in [1.29, 1.82) is 0 Å². The van der Waals surface area contributed by atoms with Gasteiger partial charge in [0.1, 0.15) is 17.8 Å². The molecule has 2 N–H and O–H groups in total. The smallest absolute Gasteiger partial charge is 0.272 e. The number of nitrogens with one attached hydrogen (secondary N) is 1. The van der Waals surface area contributed by atoms with E-state index in [1.165, 1.54) is 17.5 Å². The number of hydrogen-bond acceptors (Lipinski definition) is 7. The van der Waals surface area contributed by atoms with Gasteiger partial charge < -0.3 is 20.2 Å². The molecule has 0 aliphatic carbocycles. The van der Waals surface area contributed by atoms with Crippen LogP contribution >= 0.6 is 11.6 Å². The quantitative estimate of drug-likeness (QED) is 0.481. The number of benzene rings is 2. The Kier molecular flexibility index (Phi) is 8.18. The van der Waals surface area contributed by atoms with E-state index in [1.54, 1.807) is 35.2 Å². The largest absolute Gasteiger partial charge is 0.390 e. The standard InChI is InChI=1S/C31H35ClN6O3/c32-24-7-5-22(6-8-24)30(40)36-14-10-25(11-15-36)35-29-17-26(33-20-34-29)31(41)38-16-12-27(28(39)19-38)37-13-9-21-3-1-2-4-23(21)18-37/h1-8,17,20,25,27-28,39H,9-16,18-19H2,(H,33,34,35)/t27-,28-/m1/s1. The molecule has 4 heterocycles. The molecule has 3 aliphatic heterocycles. The summed E-state index contributed by atoms with van der Waals surface area (Å²) in [6.07, 6.45) is 4.04. The van der Waals surface area contributed by atoms with Crippen LogP contribution in [0, 0.1) is 0 Å². The van der Waals surface area contributed by atoms with Gasteiger partial charge in [0.2, 0.25) is 0 Å². The summed E-state index contributed by atoms with van der Waals surface area (Å²) in [7, 11) is 0. The lowest BCUT2D eigenvalue weighted by molar-refractivity contribution is -0.0139. The van der Waals surface area contributed by atoms with E-state index in [0.29, 0.717) is 41.7 Å². The second-order valence-electron chi connectivity index (χ2n) is 11.2. The predicted octanol–water partition coefficient (Wildman–Crippen LogP) is 3.48. The number of hydrogen-bond donors (Lipinski definition) is 2. The molecule has 1 aromatic heterocycles. The number of halogens is 1. The van der Waals surface area contributed by atoms with Gasteiger partial charge in [-0.3, -0.25) is 14.5 Å². The Labute approximate surface area is 245 Å². The van der Waals surface area contributed by atoms with Crippen LogP contribution in [0.3, 0.4) is 0 Å². The van der Waals surface area contributed by atoms with Crippen LogP contribution in [-0.4, -0.2) is 92.5 Å². The fourth-order valence-corrected chi connectivity index (χ4v) is 6.38. The molecule has 2 saturated heterocycles. The van der Waals surface area contributed by atoms with E-state index in [2.05, 4.69) is 44.5 Å². The van der Waals surface area contributed by atoms with E-state index in [9.17, 15) is 14.7 Å². The molecule has 0 unspecified atom stereocenters. The van der Waals surface area contributed by atoms with E-state index in [0.717, 1.165) is 38.8 Å². The Morgan fingerprint density at radius 3 is 2.37 bits per heavy atom. The van der Waals surface area contributed by atoms with Gasteiger partial charge in [-0.2, -0.15) is 0 Å². The third-order valence-corrected chi connectivity index (χ3v) is 8.83. The molecule has 0 bridgehead atoms. The van der Waals surface area contributed by atoms with Crippen LogP contribution in [0.25, 0.3) is 0 Å². The summed E-state index contributed by atoms with van der Waals surface area (Å²) in [5, 5.41) is 15.1. The van der Waals surface area contributed by atoms with Crippen molar-refractivity contribution in [2.24, 2.45) is 0 Å². The molecular formula is C31H35ClN6O3. The Morgan fingerprint density at radius 1 is 0.878 bits per heavy atom. The average molecular weight is 575 g/mol. The van der Waals surface area contributed by atoms with E-state index >= 15 is 0 Å². The van der Waals surface area contributed by atoms with Crippen LogP contribution in [0.1, 0.15) is 51.2 Å². The van der Waals surface area contributed by atoms with Gasteiger partial charge in [-0.15, -0.1) is 0 Å². The van der Waals surface area contributed by atoms with Gasteiger partial charge in [0, 0.05) is 68.0 Å². The number of nitrogens with zero attached hydrogens (tertiary/aromatic N) is 5. The highest BCUT2D eigenvalue weighted by molar-refractivity contribution is 6.30. The van der Waals surface area contributed by atoms with E-state index in [4.69, 9.17) is 11.6 Å². The summed E-state index contributed by atoms with van der Waals surface area (Å²) in [6, 6.07) is 17.3. The molecule has 0 spiro atoms. The topological polar surface area (TPSA) is 102 Å². The fourth-order valence-electron chi connectivity index (χ4n) is 6.26. The summed E-state index contributed by atoms with van der Waals surface area (Å²) in [5.41, 5.74) is 3.66. The predicted molar refractivity (Wildman–Crippen MR) is 157 cm³/mol. The molecule has 41 heavy (non-hydrogen) atoms.